The number of rotatable bonds is 3. The smallest absolute Gasteiger partial charge is 0.134 e. The Bertz CT molecular complexity index is 1010. The van der Waals surface area contributed by atoms with E-state index in [1.807, 2.05) is 36.4 Å². The molecular formula is C21H19N3O. The predicted molar refractivity (Wildman–Crippen MR) is 100 cm³/mol. The quantitative estimate of drug-likeness (QED) is 0.597. The Kier molecular flexibility index (Phi) is 3.42. The first kappa shape index (κ1) is 14.5. The van der Waals surface area contributed by atoms with Crippen molar-refractivity contribution in [3.05, 3.63) is 72.3 Å². The fourth-order valence-corrected chi connectivity index (χ4v) is 3.51. The predicted octanol–water partition coefficient (Wildman–Crippen LogP) is 4.60. The molecule has 4 nitrogen and oxygen atoms in total. The van der Waals surface area contributed by atoms with Crippen LogP contribution in [0.2, 0.25) is 0 Å². The van der Waals surface area contributed by atoms with Crippen molar-refractivity contribution in [2.45, 2.75) is 13.0 Å². The Hall–Kier alpha value is -2.85. The molecule has 1 aliphatic rings. The molecule has 5 rings (SSSR count). The van der Waals surface area contributed by atoms with Gasteiger partial charge in [-0.2, -0.15) is 0 Å². The van der Waals surface area contributed by atoms with Crippen LogP contribution < -0.4 is 0 Å². The number of hydrogen-bond donors (Lipinski definition) is 1. The van der Waals surface area contributed by atoms with E-state index in [4.69, 9.17) is 4.42 Å². The first-order valence-electron chi connectivity index (χ1n) is 8.69. The van der Waals surface area contributed by atoms with Gasteiger partial charge in [0.25, 0.3) is 0 Å². The molecule has 0 saturated carbocycles. The number of furan rings is 1. The van der Waals surface area contributed by atoms with E-state index < -0.39 is 0 Å². The summed E-state index contributed by atoms with van der Waals surface area (Å²) in [4.78, 5) is 10.5. The molecule has 0 saturated heterocycles. The second-order valence-corrected chi connectivity index (χ2v) is 6.56. The molecule has 3 heterocycles. The first-order valence-corrected chi connectivity index (χ1v) is 8.69. The van der Waals surface area contributed by atoms with E-state index in [1.54, 1.807) is 0 Å². The van der Waals surface area contributed by atoms with Crippen LogP contribution in [0, 0.1) is 0 Å². The maximum Gasteiger partial charge on any atom is 0.134 e. The average Bonchev–Trinajstić information content (AvgIpc) is 3.25. The third kappa shape index (κ3) is 2.75. The molecule has 4 heteroatoms. The summed E-state index contributed by atoms with van der Waals surface area (Å²) >= 11 is 0. The highest BCUT2D eigenvalue weighted by atomic mass is 16.3. The second-order valence-electron chi connectivity index (χ2n) is 6.56. The van der Waals surface area contributed by atoms with E-state index in [9.17, 15) is 0 Å². The molecule has 0 fully saturated rings. The second kappa shape index (κ2) is 5.90. The van der Waals surface area contributed by atoms with Gasteiger partial charge in [-0.3, -0.25) is 4.90 Å². The maximum atomic E-state index is 6.00. The summed E-state index contributed by atoms with van der Waals surface area (Å²) in [7, 11) is 0. The molecule has 124 valence electrons. The van der Waals surface area contributed by atoms with Crippen molar-refractivity contribution >= 4 is 27.6 Å². The van der Waals surface area contributed by atoms with Crippen LogP contribution in [0.1, 0.15) is 18.0 Å². The highest BCUT2D eigenvalue weighted by molar-refractivity contribution is 5.82. The minimum absolute atomic E-state index is 0.846. The van der Waals surface area contributed by atoms with Crippen molar-refractivity contribution in [1.29, 1.82) is 0 Å². The van der Waals surface area contributed by atoms with Crippen LogP contribution in [0.4, 0.5) is 0 Å². The van der Waals surface area contributed by atoms with Gasteiger partial charge < -0.3 is 9.40 Å². The Labute approximate surface area is 145 Å². The van der Waals surface area contributed by atoms with Gasteiger partial charge in [-0.15, -0.1) is 0 Å². The molecule has 0 radical (unpaired) electrons. The molecule has 1 N–H and O–H groups in total. The van der Waals surface area contributed by atoms with Crippen molar-refractivity contribution in [3.8, 4) is 0 Å². The van der Waals surface area contributed by atoms with Crippen LogP contribution >= 0.6 is 0 Å². The van der Waals surface area contributed by atoms with Gasteiger partial charge in [0, 0.05) is 18.5 Å². The van der Waals surface area contributed by atoms with Gasteiger partial charge in [0.2, 0.25) is 0 Å². The average molecular weight is 329 g/mol. The van der Waals surface area contributed by atoms with E-state index >= 15 is 0 Å². The lowest BCUT2D eigenvalue weighted by atomic mass is 10.1. The van der Waals surface area contributed by atoms with Crippen molar-refractivity contribution in [2.75, 3.05) is 13.1 Å². The summed E-state index contributed by atoms with van der Waals surface area (Å²) in [5, 5.41) is 1.17. The number of benzene rings is 2. The third-order valence-electron chi connectivity index (χ3n) is 4.85. The van der Waals surface area contributed by atoms with Crippen LogP contribution in [-0.2, 0) is 6.54 Å². The summed E-state index contributed by atoms with van der Waals surface area (Å²) in [6.07, 6.45) is 3.28. The third-order valence-corrected chi connectivity index (χ3v) is 4.85. The van der Waals surface area contributed by atoms with E-state index in [2.05, 4.69) is 39.1 Å². The number of aromatic amines is 1. The Morgan fingerprint density at radius 1 is 1.08 bits per heavy atom. The fourth-order valence-electron chi connectivity index (χ4n) is 3.51. The van der Waals surface area contributed by atoms with Gasteiger partial charge in [-0.05, 0) is 36.3 Å². The molecule has 25 heavy (non-hydrogen) atoms. The molecule has 1 aliphatic heterocycles. The van der Waals surface area contributed by atoms with E-state index in [0.29, 0.717) is 0 Å². The van der Waals surface area contributed by atoms with Crippen molar-refractivity contribution in [1.82, 2.24) is 14.9 Å². The highest BCUT2D eigenvalue weighted by Crippen LogP contribution is 2.28. The minimum atomic E-state index is 0.846. The van der Waals surface area contributed by atoms with Gasteiger partial charge in [0.1, 0.15) is 17.2 Å². The molecule has 0 unspecified atom stereocenters. The molecular weight excluding hydrogens is 310 g/mol. The number of imidazole rings is 1. The van der Waals surface area contributed by atoms with Gasteiger partial charge >= 0.3 is 0 Å². The Morgan fingerprint density at radius 2 is 1.96 bits per heavy atom. The molecule has 0 aliphatic carbocycles. The normalized spacial score (nSPS) is 15.8. The van der Waals surface area contributed by atoms with Crippen LogP contribution in [0.25, 0.3) is 27.6 Å². The number of nitrogens with zero attached hydrogens (tertiary/aromatic N) is 2. The number of para-hydroxylation sites is 3. The summed E-state index contributed by atoms with van der Waals surface area (Å²) in [5.41, 5.74) is 4.40. The number of fused-ring (bicyclic) bond motifs is 2. The Balaban J connectivity index is 1.32. The maximum absolute atomic E-state index is 6.00. The molecule has 4 aromatic rings. The minimum Gasteiger partial charge on any atom is -0.456 e. The number of H-pyrrole nitrogens is 1. The van der Waals surface area contributed by atoms with Crippen LogP contribution in [0.3, 0.4) is 0 Å². The summed E-state index contributed by atoms with van der Waals surface area (Å²) < 4.78 is 6.00. The van der Waals surface area contributed by atoms with Gasteiger partial charge in [0.15, 0.2) is 0 Å². The fraction of sp³-hybridized carbons (Fsp3) is 0.190. The largest absolute Gasteiger partial charge is 0.456 e. The topological polar surface area (TPSA) is 45.1 Å². The van der Waals surface area contributed by atoms with Gasteiger partial charge in [-0.25, -0.2) is 4.98 Å². The van der Waals surface area contributed by atoms with E-state index in [0.717, 1.165) is 54.3 Å². The van der Waals surface area contributed by atoms with Crippen LogP contribution in [0.5, 0.6) is 0 Å². The van der Waals surface area contributed by atoms with Gasteiger partial charge in [-0.1, -0.05) is 36.4 Å². The summed E-state index contributed by atoms with van der Waals surface area (Å²) in [6.45, 7) is 2.78. The standard InChI is InChI=1S/C21H19N3O/c1-4-8-19-16(5-1)13-20(25-19)15-9-11-24(12-10-15)14-21-22-17-6-2-3-7-18(17)23-21/h1-9,13H,10-12,14H2,(H,22,23). The first-order chi connectivity index (χ1) is 12.3. The van der Waals surface area contributed by atoms with Gasteiger partial charge in [0.05, 0.1) is 17.6 Å². The highest BCUT2D eigenvalue weighted by Gasteiger charge is 2.17. The van der Waals surface area contributed by atoms with E-state index in [1.165, 1.54) is 11.0 Å². The molecule has 0 amide bonds. The summed E-state index contributed by atoms with van der Waals surface area (Å²) in [5.74, 6) is 2.03. The lowest BCUT2D eigenvalue weighted by molar-refractivity contribution is 0.286. The lowest BCUT2D eigenvalue weighted by Crippen LogP contribution is -2.28. The van der Waals surface area contributed by atoms with Crippen molar-refractivity contribution in [3.63, 3.8) is 0 Å². The Morgan fingerprint density at radius 3 is 2.80 bits per heavy atom. The number of nitrogens with one attached hydrogen (secondary N) is 1. The zero-order chi connectivity index (χ0) is 16.6. The molecule has 0 bridgehead atoms. The monoisotopic (exact) mass is 329 g/mol. The molecule has 2 aromatic carbocycles. The van der Waals surface area contributed by atoms with E-state index in [-0.39, 0.29) is 0 Å². The lowest BCUT2D eigenvalue weighted by Gasteiger charge is -2.24. The van der Waals surface area contributed by atoms with Crippen LogP contribution in [-0.4, -0.2) is 28.0 Å². The van der Waals surface area contributed by atoms with Crippen LogP contribution in [0.15, 0.2) is 65.1 Å². The molecule has 2 aromatic heterocycles. The number of aromatic nitrogens is 2. The molecule has 0 spiro atoms. The van der Waals surface area contributed by atoms with Crippen molar-refractivity contribution < 1.29 is 4.42 Å². The summed E-state index contributed by atoms with van der Waals surface area (Å²) in [6, 6.07) is 18.5. The zero-order valence-corrected chi connectivity index (χ0v) is 13.9. The molecule has 0 atom stereocenters. The zero-order valence-electron chi connectivity index (χ0n) is 13.9. The number of hydrogen-bond acceptors (Lipinski definition) is 3. The SMILES string of the molecule is C1=C(c2cc3ccccc3o2)CCN(Cc2nc3ccccc3[nH]2)C1. The van der Waals surface area contributed by atoms with Crippen molar-refractivity contribution in [2.24, 2.45) is 0 Å².